The number of hydrogen-bond acceptors (Lipinski definition) is 0. The van der Waals surface area contributed by atoms with E-state index in [2.05, 4.69) is 0 Å². The van der Waals surface area contributed by atoms with Gasteiger partial charge in [-0.2, -0.15) is 0 Å². The van der Waals surface area contributed by atoms with Crippen LogP contribution in [0.5, 0.6) is 0 Å². The Balaban J connectivity index is 0. The normalized spacial score (nSPS) is 14.5. The smallest absolute Gasteiger partial charge is 0.209 e. The summed E-state index contributed by atoms with van der Waals surface area (Å²) in [6, 6.07) is 0. The molecular formula is C13H22F2. The highest BCUT2D eigenvalue weighted by atomic mass is 19.3. The second-order valence-electron chi connectivity index (χ2n) is 2.85. The topological polar surface area (TPSA) is 0 Å². The average Bonchev–Trinajstić information content (AvgIpc) is 2.20. The van der Waals surface area contributed by atoms with Crippen LogP contribution in [0.25, 0.3) is 0 Å². The van der Waals surface area contributed by atoms with E-state index in [4.69, 9.17) is 0 Å². The van der Waals surface area contributed by atoms with E-state index in [-0.39, 0.29) is 0 Å². The minimum Gasteiger partial charge on any atom is -0.209 e. The van der Waals surface area contributed by atoms with Gasteiger partial charge in [-0.3, -0.25) is 0 Å². The molecule has 0 aromatic heterocycles. The molecule has 1 unspecified atom stereocenters. The van der Waals surface area contributed by atoms with Crippen LogP contribution in [0.15, 0.2) is 36.0 Å². The first-order valence-corrected chi connectivity index (χ1v) is 5.34. The van der Waals surface area contributed by atoms with Crippen molar-refractivity contribution in [2.24, 2.45) is 5.92 Å². The first-order chi connectivity index (χ1) is 7.11. The molecule has 88 valence electrons. The fourth-order valence-electron chi connectivity index (χ4n) is 1.06. The molecule has 0 aliphatic heterocycles. The summed E-state index contributed by atoms with van der Waals surface area (Å²) in [5.41, 5.74) is 0.867. The van der Waals surface area contributed by atoms with Crippen LogP contribution in [0.3, 0.4) is 0 Å². The van der Waals surface area contributed by atoms with Crippen molar-refractivity contribution in [1.82, 2.24) is 0 Å². The molecule has 2 heteroatoms. The zero-order chi connectivity index (χ0) is 12.3. The Labute approximate surface area is 92.4 Å². The molecule has 0 saturated heterocycles. The fraction of sp³-hybridized carbons (Fsp3) is 0.538. The molecule has 0 radical (unpaired) electrons. The third-order valence-electron chi connectivity index (χ3n) is 1.59. The summed E-state index contributed by atoms with van der Waals surface area (Å²) < 4.78 is 24.7. The van der Waals surface area contributed by atoms with Gasteiger partial charge in [-0.1, -0.05) is 49.8 Å². The summed E-state index contributed by atoms with van der Waals surface area (Å²) in [4.78, 5) is 0. The molecule has 0 fully saturated rings. The largest absolute Gasteiger partial charge is 0.248 e. The van der Waals surface area contributed by atoms with Gasteiger partial charge in [0.1, 0.15) is 0 Å². The van der Waals surface area contributed by atoms with Gasteiger partial charge < -0.3 is 0 Å². The van der Waals surface area contributed by atoms with Crippen LogP contribution in [0, 0.1) is 5.92 Å². The van der Waals surface area contributed by atoms with Crippen molar-refractivity contribution in [3.8, 4) is 0 Å². The monoisotopic (exact) mass is 216 g/mol. The van der Waals surface area contributed by atoms with Crippen LogP contribution < -0.4 is 0 Å². The van der Waals surface area contributed by atoms with Gasteiger partial charge in [0.15, 0.2) is 0 Å². The van der Waals surface area contributed by atoms with E-state index in [1.54, 1.807) is 19.1 Å². The van der Waals surface area contributed by atoms with Crippen molar-refractivity contribution in [1.29, 1.82) is 0 Å². The molecule has 0 saturated carbocycles. The molecule has 0 spiro atoms. The molecule has 15 heavy (non-hydrogen) atoms. The maximum Gasteiger partial charge on any atom is 0.248 e. The van der Waals surface area contributed by atoms with E-state index in [1.165, 1.54) is 6.08 Å². The highest BCUT2D eigenvalue weighted by molar-refractivity contribution is 5.18. The second-order valence-corrected chi connectivity index (χ2v) is 2.85. The minimum atomic E-state index is -2.32. The Bertz CT molecular complexity index is 213. The summed E-state index contributed by atoms with van der Waals surface area (Å²) >= 11 is 0. The van der Waals surface area contributed by atoms with Gasteiger partial charge in [0.2, 0.25) is 6.43 Å². The van der Waals surface area contributed by atoms with Crippen molar-refractivity contribution in [2.45, 2.75) is 41.0 Å². The van der Waals surface area contributed by atoms with Gasteiger partial charge in [-0.05, 0) is 20.8 Å². The molecule has 0 rings (SSSR count). The van der Waals surface area contributed by atoms with Gasteiger partial charge in [0.25, 0.3) is 0 Å². The van der Waals surface area contributed by atoms with E-state index >= 15 is 0 Å². The predicted molar refractivity (Wildman–Crippen MR) is 64.2 cm³/mol. The Hall–Kier alpha value is -0.920. The van der Waals surface area contributed by atoms with Gasteiger partial charge in [-0.25, -0.2) is 8.78 Å². The zero-order valence-electron chi connectivity index (χ0n) is 10.3. The van der Waals surface area contributed by atoms with Crippen LogP contribution in [0.4, 0.5) is 8.78 Å². The molecule has 1 atom stereocenters. The van der Waals surface area contributed by atoms with Crippen molar-refractivity contribution >= 4 is 0 Å². The Morgan fingerprint density at radius 3 is 1.93 bits per heavy atom. The summed E-state index contributed by atoms with van der Waals surface area (Å²) in [6.07, 6.45) is 6.07. The lowest BCUT2D eigenvalue weighted by Gasteiger charge is -2.06. The van der Waals surface area contributed by atoms with Crippen LogP contribution >= 0.6 is 0 Å². The summed E-state index contributed by atoms with van der Waals surface area (Å²) in [5, 5.41) is 0. The molecule has 0 amide bonds. The molecule has 0 N–H and O–H groups in total. The van der Waals surface area contributed by atoms with E-state index in [9.17, 15) is 8.78 Å². The van der Waals surface area contributed by atoms with Crippen LogP contribution in [-0.2, 0) is 0 Å². The quantitative estimate of drug-likeness (QED) is 0.458. The molecular weight excluding hydrogens is 194 g/mol. The lowest BCUT2D eigenvalue weighted by molar-refractivity contribution is 0.120. The standard InChI is InChI=1S/C11H16F2.C2H6/c1-4-6-9(3)8-10(7-5-2)11(12)13;1-2/h4-8,10-11H,1-3H3;1-2H3/b6-4-,7-5+,9-8-;. The van der Waals surface area contributed by atoms with Gasteiger partial charge >= 0.3 is 0 Å². The Morgan fingerprint density at radius 2 is 1.60 bits per heavy atom. The van der Waals surface area contributed by atoms with Crippen molar-refractivity contribution < 1.29 is 8.78 Å². The molecule has 0 aromatic carbocycles. The van der Waals surface area contributed by atoms with Crippen molar-refractivity contribution in [3.05, 3.63) is 36.0 Å². The Morgan fingerprint density at radius 1 is 1.07 bits per heavy atom. The summed E-state index contributed by atoms with van der Waals surface area (Å²) in [5.74, 6) is -0.763. The number of allylic oxidation sites excluding steroid dienone is 6. The fourth-order valence-corrected chi connectivity index (χ4v) is 1.06. The molecule has 0 aliphatic rings. The number of hydrogen-bond donors (Lipinski definition) is 0. The SMILES string of the molecule is C/C=C\C(C)=C/C(/C=C/C)C(F)F.CC. The number of halogens is 2. The minimum absolute atomic E-state index is 0.763. The molecule has 0 heterocycles. The molecule has 0 aliphatic carbocycles. The van der Waals surface area contributed by atoms with Crippen molar-refractivity contribution in [3.63, 3.8) is 0 Å². The maximum atomic E-state index is 12.4. The third-order valence-corrected chi connectivity index (χ3v) is 1.59. The van der Waals surface area contributed by atoms with Gasteiger partial charge in [0.05, 0.1) is 5.92 Å². The van der Waals surface area contributed by atoms with Gasteiger partial charge in [0, 0.05) is 0 Å². The molecule has 0 aromatic rings. The highest BCUT2D eigenvalue weighted by Crippen LogP contribution is 2.15. The van der Waals surface area contributed by atoms with Crippen LogP contribution in [-0.4, -0.2) is 6.43 Å². The highest BCUT2D eigenvalue weighted by Gasteiger charge is 2.13. The number of alkyl halides is 2. The number of rotatable bonds is 4. The first-order valence-electron chi connectivity index (χ1n) is 5.34. The molecule has 0 nitrogen and oxygen atoms in total. The predicted octanol–water partition coefficient (Wildman–Crippen LogP) is 4.99. The van der Waals surface area contributed by atoms with Gasteiger partial charge in [-0.15, -0.1) is 0 Å². The third kappa shape index (κ3) is 9.39. The van der Waals surface area contributed by atoms with E-state index in [0.717, 1.165) is 5.57 Å². The average molecular weight is 216 g/mol. The lowest BCUT2D eigenvalue weighted by atomic mass is 10.1. The molecule has 0 bridgehead atoms. The van der Waals surface area contributed by atoms with E-state index < -0.39 is 12.3 Å². The van der Waals surface area contributed by atoms with Crippen LogP contribution in [0.1, 0.15) is 34.6 Å². The zero-order valence-corrected chi connectivity index (χ0v) is 10.3. The summed E-state index contributed by atoms with van der Waals surface area (Å²) in [7, 11) is 0. The van der Waals surface area contributed by atoms with Crippen LogP contribution in [0.2, 0.25) is 0 Å². The maximum absolute atomic E-state index is 12.4. The first kappa shape index (κ1) is 16.5. The van der Waals surface area contributed by atoms with E-state index in [0.29, 0.717) is 0 Å². The van der Waals surface area contributed by atoms with Crippen molar-refractivity contribution in [2.75, 3.05) is 0 Å². The lowest BCUT2D eigenvalue weighted by Crippen LogP contribution is -2.05. The Kier molecular flexibility index (Phi) is 12.3. The summed E-state index contributed by atoms with van der Waals surface area (Å²) in [6.45, 7) is 9.43. The second kappa shape index (κ2) is 11.2. The van der Waals surface area contributed by atoms with E-state index in [1.807, 2.05) is 39.8 Å².